The first-order valence-electron chi connectivity index (χ1n) is 50.5. The summed E-state index contributed by atoms with van der Waals surface area (Å²) >= 11 is 30.8. The number of amides is 2. The van der Waals surface area contributed by atoms with Crippen LogP contribution in [-0.4, -0.2) is 153 Å². The number of hydrogen-bond acceptors (Lipinski definition) is 19. The molecule has 13 N–H and O–H groups in total. The van der Waals surface area contributed by atoms with Crippen LogP contribution in [0.3, 0.4) is 0 Å². The highest BCUT2D eigenvalue weighted by molar-refractivity contribution is 6.33. The third kappa shape index (κ3) is 33.3. The van der Waals surface area contributed by atoms with Crippen LogP contribution in [0.5, 0.6) is 0 Å². The van der Waals surface area contributed by atoms with Crippen LogP contribution in [0.2, 0.25) is 25.1 Å². The number of unbranched alkanes of at least 4 members (excludes halogenated alkanes) is 3. The predicted molar refractivity (Wildman–Crippen MR) is 621 cm³/mol. The van der Waals surface area contributed by atoms with Crippen LogP contribution >= 0.6 is 58.0 Å². The van der Waals surface area contributed by atoms with Crippen molar-refractivity contribution in [2.24, 2.45) is 11.8 Å². The molecule has 1 fully saturated rings. The molecule has 10 aromatic carbocycles. The molecule has 0 saturated carbocycles. The summed E-state index contributed by atoms with van der Waals surface area (Å²) in [4.78, 5) is 98.0. The highest BCUT2D eigenvalue weighted by atomic mass is 35.5. The van der Waals surface area contributed by atoms with Crippen LogP contribution in [0.4, 0.5) is 29.1 Å². The molecule has 16 aromatic rings. The molecule has 0 atom stereocenters. The Morgan fingerprint density at radius 3 is 1.27 bits per heavy atom. The molecular formula is C122H128Cl5N17O5. The smallest absolute Gasteiger partial charge is 0.251 e. The Morgan fingerprint density at radius 2 is 0.785 bits per heavy atom. The fourth-order valence-corrected chi connectivity index (χ4v) is 18.0. The van der Waals surface area contributed by atoms with E-state index >= 15 is 0 Å². The zero-order chi connectivity index (χ0) is 106. The lowest BCUT2D eigenvalue weighted by atomic mass is 10.0. The normalized spacial score (nSPS) is 11.9. The van der Waals surface area contributed by atoms with Gasteiger partial charge in [0, 0.05) is 176 Å². The van der Waals surface area contributed by atoms with E-state index < -0.39 is 0 Å². The van der Waals surface area contributed by atoms with E-state index in [9.17, 15) is 24.0 Å². The van der Waals surface area contributed by atoms with Gasteiger partial charge in [-0.2, -0.15) is 0 Å². The quantitative estimate of drug-likeness (QED) is 0.0108. The molecule has 0 spiro atoms. The minimum atomic E-state index is -0.107. The molecule has 7 heterocycles. The van der Waals surface area contributed by atoms with E-state index in [0.717, 1.165) is 192 Å². The van der Waals surface area contributed by atoms with E-state index in [4.69, 9.17) is 86.7 Å². The number of likely N-dealkylation sites (tertiary alicyclic amines) is 1. The lowest BCUT2D eigenvalue weighted by molar-refractivity contribution is 0.0944. The molecule has 0 radical (unpaired) electrons. The van der Waals surface area contributed by atoms with Crippen LogP contribution in [0.1, 0.15) is 227 Å². The second-order valence-electron chi connectivity index (χ2n) is 38.4. The summed E-state index contributed by atoms with van der Waals surface area (Å²) in [7, 11) is 8.12. The second kappa shape index (κ2) is 55.6. The number of halogens is 5. The van der Waals surface area contributed by atoms with Crippen LogP contribution in [0.25, 0.3) is 101 Å². The Bertz CT molecular complexity index is 7580. The van der Waals surface area contributed by atoms with Crippen molar-refractivity contribution in [3.05, 3.63) is 335 Å². The Kier molecular flexibility index (Phi) is 41.7. The number of carbonyl (C=O) groups excluding carboxylic acids is 5. The van der Waals surface area contributed by atoms with Crippen molar-refractivity contribution in [2.75, 3.05) is 103 Å². The average Bonchev–Trinajstić information content (AvgIpc) is 1.64. The van der Waals surface area contributed by atoms with E-state index in [1.54, 1.807) is 55.2 Å². The van der Waals surface area contributed by atoms with Crippen molar-refractivity contribution < 1.29 is 24.0 Å². The highest BCUT2D eigenvalue weighted by Crippen LogP contribution is 2.37. The lowest BCUT2D eigenvalue weighted by Crippen LogP contribution is -2.30. The van der Waals surface area contributed by atoms with Crippen molar-refractivity contribution in [3.63, 3.8) is 0 Å². The molecular weight excluding hydrogens is 1960 g/mol. The van der Waals surface area contributed by atoms with Gasteiger partial charge in [-0.05, 0) is 273 Å². The molecule has 0 bridgehead atoms. The molecule has 766 valence electrons. The molecule has 17 rings (SSSR count). The predicted octanol–water partition coefficient (Wildman–Crippen LogP) is 27.0. The number of aromatic nitrogens is 7. The maximum atomic E-state index is 12.5. The maximum Gasteiger partial charge on any atom is 0.251 e. The van der Waals surface area contributed by atoms with Gasteiger partial charge in [-0.1, -0.05) is 250 Å². The van der Waals surface area contributed by atoms with E-state index in [2.05, 4.69) is 112 Å². The molecule has 1 aliphatic heterocycles. The van der Waals surface area contributed by atoms with E-state index in [1.807, 2.05) is 234 Å². The van der Waals surface area contributed by atoms with Crippen molar-refractivity contribution in [3.8, 4) is 35.1 Å². The number of imidazole rings is 1. The van der Waals surface area contributed by atoms with Gasteiger partial charge in [0.15, 0.2) is 17.3 Å². The Hall–Kier alpha value is -14.4. The topological polar surface area (TPSA) is 342 Å². The molecule has 149 heavy (non-hydrogen) atoms. The number of hydrogen-bond donors (Lipinski definition) is 8. The molecule has 2 amide bonds. The van der Waals surface area contributed by atoms with Crippen molar-refractivity contribution >= 4 is 205 Å². The minimum absolute atomic E-state index is 0.0875. The Labute approximate surface area is 897 Å². The number of piperidine rings is 1. The van der Waals surface area contributed by atoms with Gasteiger partial charge in [-0.25, -0.2) is 29.9 Å². The Morgan fingerprint density at radius 1 is 0.389 bits per heavy atom. The van der Waals surface area contributed by atoms with Crippen molar-refractivity contribution in [2.45, 2.75) is 130 Å². The largest absolute Gasteiger partial charge is 0.383 e. The first-order chi connectivity index (χ1) is 71.8. The number of nitrogens with one attached hydrogen (secondary N) is 3. The van der Waals surface area contributed by atoms with Gasteiger partial charge < -0.3 is 59.0 Å². The number of carbonyl (C=O) groups is 5. The number of fused-ring (bicyclic) bond motifs is 6. The number of pyridine rings is 5. The van der Waals surface area contributed by atoms with Crippen LogP contribution in [0, 0.1) is 35.5 Å². The number of anilines is 5. The summed E-state index contributed by atoms with van der Waals surface area (Å²) in [5, 5.41) is 18.4. The monoisotopic (exact) mass is 2090 g/mol. The lowest BCUT2D eigenvalue weighted by Gasteiger charge is -2.26. The number of nitrogens with zero attached hydrogens (tertiary/aromatic N) is 9. The van der Waals surface area contributed by atoms with Gasteiger partial charge in [0.2, 0.25) is 0 Å². The van der Waals surface area contributed by atoms with Crippen LogP contribution in [-0.2, 0) is 0 Å². The number of ketones is 3. The maximum absolute atomic E-state index is 12.5. The molecule has 1 saturated heterocycles. The number of rotatable bonds is 33. The summed E-state index contributed by atoms with van der Waals surface area (Å²) < 4.78 is 0. The molecule has 27 heteroatoms. The number of Topliss-reactive ketones (excluding diaryl/α,β-unsaturated/α-hetero) is 3. The number of aromatic amines is 1. The second-order valence-corrected chi connectivity index (χ2v) is 40.6. The standard InChI is InChI=1S/C27H30ClN3O.C25H25ClN2O.C24H24ClN3O.C24H26ClN3O.C22H23ClN6O/c28-23-13-12-22-19-30-27(29)24(25(22)18-23)14-9-20-7-10-21(11-8-20)26(32)6-2-5-17-31-15-3-1-4-16-31;1-17(2)5-3-4-6-24(29)19-10-7-18(8-11-19)9-14-22-23-15-21(26)13-12-20(23)16-28-25(22)27;1-16(2)5-4-12-27-24(29)18-7-3-6-17(13-18)8-11-21-22-14-20(25)10-9-19(22)15-28-23(21)26;1-28(2)14-4-3-5-23(29)18-9-6-17(7-10-18)8-13-21-22-15-20(25)12-11-19(22)16-27-24(21)26;1-29(2)9-3-8-25-22(30)13-5-7-17-18(10-13)28-21(27-17)19-16-11-15(23)6-4-14(16)12-26-20(19)24/h7-14,18-19H,1-6,15-17H2,(H2,29,30);7-8,10-13,15-17H,3-6H2,1-2H3,(H2,27,28);3,6-7,9-10,13-16H,4-5,12H2,1-2H3,(H2,26,28)(H,27,29);6-13,15-16H,3-5,14H2,1-2H3,(H2,26,27);4-7,10-12H,3,8-9H2,1-2H3,(H2,24,26)(H,25,30)(H,27,28)/b14-9+;;;13-8+;. The minimum Gasteiger partial charge on any atom is -0.383 e. The number of H-pyrrole nitrogens is 1. The molecule has 1 aliphatic rings. The van der Waals surface area contributed by atoms with E-state index in [0.29, 0.717) is 132 Å². The van der Waals surface area contributed by atoms with Gasteiger partial charge in [-0.3, -0.25) is 24.0 Å². The summed E-state index contributed by atoms with van der Waals surface area (Å²) in [6.45, 7) is 15.6. The number of nitrogen functional groups attached to an aromatic ring is 5. The van der Waals surface area contributed by atoms with Crippen molar-refractivity contribution in [1.29, 1.82) is 0 Å². The zero-order valence-electron chi connectivity index (χ0n) is 85.6. The van der Waals surface area contributed by atoms with E-state index in [-0.39, 0.29) is 29.2 Å². The van der Waals surface area contributed by atoms with E-state index in [1.165, 1.54) is 38.8 Å². The Balaban J connectivity index is 0.000000155. The highest BCUT2D eigenvalue weighted by Gasteiger charge is 2.20. The SMILES string of the molecule is CC(C)CCCCC(=O)c1ccc(C#Cc2c(N)ncc3ccc(Cl)cc23)cc1.CC(C)CCCNC(=O)c1cccc(C#Cc2c(N)ncc3ccc(Cl)cc23)c1.CN(C)CCCCC(=O)c1ccc(/C=C/c2c(N)ncc3ccc(Cl)cc23)cc1.CN(C)CCCNC(=O)c1ccc2nc(-c3c(N)ncc4ccc(Cl)cc34)[nH]c2c1.Nc1ncc2ccc(Cl)cc2c1/C=C/c1ccc(C(=O)CCCCN2CCCCC2)cc1. The van der Waals surface area contributed by atoms with Gasteiger partial charge >= 0.3 is 0 Å². The zero-order valence-corrected chi connectivity index (χ0v) is 89.4. The van der Waals surface area contributed by atoms with Gasteiger partial charge in [-0.15, -0.1) is 0 Å². The first kappa shape index (κ1) is 112. The third-order valence-electron chi connectivity index (χ3n) is 25.4. The van der Waals surface area contributed by atoms with Gasteiger partial charge in [0.25, 0.3) is 11.8 Å². The van der Waals surface area contributed by atoms with Gasteiger partial charge in [0.05, 0.1) is 27.7 Å². The molecule has 0 unspecified atom stereocenters. The number of nitrogens with two attached hydrogens (primary N) is 5. The summed E-state index contributed by atoms with van der Waals surface area (Å²) in [5.74, 6) is 16.8. The van der Waals surface area contributed by atoms with Crippen molar-refractivity contribution in [1.82, 2.24) is 60.2 Å². The summed E-state index contributed by atoms with van der Waals surface area (Å²) in [5.41, 5.74) is 42.6. The fraction of sp³-hybridized carbons (Fsp3) is 0.270. The third-order valence-corrected chi connectivity index (χ3v) is 26.6. The summed E-state index contributed by atoms with van der Waals surface area (Å²) in [6.07, 6.45) is 32.4. The van der Waals surface area contributed by atoms with Gasteiger partial charge in [0.1, 0.15) is 34.9 Å². The molecule has 0 aliphatic carbocycles. The first-order valence-corrected chi connectivity index (χ1v) is 52.4. The molecule has 22 nitrogen and oxygen atoms in total. The van der Waals surface area contributed by atoms with Crippen LogP contribution in [0.15, 0.2) is 237 Å². The number of benzene rings is 10. The molecule has 6 aromatic heterocycles. The average molecular weight is 2090 g/mol. The summed E-state index contributed by atoms with van der Waals surface area (Å²) in [6, 6.07) is 63.5. The fourth-order valence-electron chi connectivity index (χ4n) is 17.1. The van der Waals surface area contributed by atoms with Crippen LogP contribution < -0.4 is 39.3 Å².